The minimum Gasteiger partial charge on any atom is -0.508 e. The Hall–Kier alpha value is -2.21. The van der Waals surface area contributed by atoms with Gasteiger partial charge in [-0.05, 0) is 48.5 Å². The molecule has 0 saturated carbocycles. The summed E-state index contributed by atoms with van der Waals surface area (Å²) < 4.78 is 32.1. The first kappa shape index (κ1) is 13.2. The van der Waals surface area contributed by atoms with E-state index in [4.69, 9.17) is 14.0 Å². The fourth-order valence-corrected chi connectivity index (χ4v) is 1.85. The van der Waals surface area contributed by atoms with Crippen LogP contribution in [0.25, 0.3) is 0 Å². The molecule has 0 amide bonds. The molecule has 2 aromatic carbocycles. The van der Waals surface area contributed by atoms with Crippen molar-refractivity contribution in [3.8, 4) is 23.0 Å². The molecule has 6 heteroatoms. The molecule has 0 fully saturated rings. The molecule has 5 nitrogen and oxygen atoms in total. The zero-order valence-corrected chi connectivity index (χ0v) is 10.9. The Morgan fingerprint density at radius 2 is 1.26 bits per heavy atom. The minimum absolute atomic E-state index is 0.157. The molecule has 0 aliphatic rings. The van der Waals surface area contributed by atoms with Crippen molar-refractivity contribution in [3.63, 3.8) is 0 Å². The van der Waals surface area contributed by atoms with Crippen molar-refractivity contribution in [2.75, 3.05) is 6.26 Å². The standard InChI is InChI=1S/C13H12O5S/c1-19(15,16)18-13-8-6-12(7-9-13)17-11-4-2-10(14)3-5-11/h2-9,14H,1H3. The van der Waals surface area contributed by atoms with Crippen molar-refractivity contribution < 1.29 is 22.4 Å². The van der Waals surface area contributed by atoms with Gasteiger partial charge in [-0.3, -0.25) is 0 Å². The summed E-state index contributed by atoms with van der Waals surface area (Å²) in [4.78, 5) is 0. The maximum absolute atomic E-state index is 10.9. The lowest BCUT2D eigenvalue weighted by Gasteiger charge is -2.07. The molecule has 1 N–H and O–H groups in total. The van der Waals surface area contributed by atoms with Crippen LogP contribution in [0.3, 0.4) is 0 Å². The van der Waals surface area contributed by atoms with Crippen LogP contribution in [0.1, 0.15) is 0 Å². The zero-order valence-electron chi connectivity index (χ0n) is 10.1. The molecule has 0 saturated heterocycles. The van der Waals surface area contributed by atoms with E-state index in [2.05, 4.69) is 0 Å². The molecule has 0 aliphatic carbocycles. The Morgan fingerprint density at radius 1 is 0.842 bits per heavy atom. The summed E-state index contributed by atoms with van der Waals surface area (Å²) in [5.41, 5.74) is 0. The van der Waals surface area contributed by atoms with Gasteiger partial charge in [0.05, 0.1) is 6.26 Å². The second kappa shape index (κ2) is 5.19. The van der Waals surface area contributed by atoms with Crippen LogP contribution in [0.2, 0.25) is 0 Å². The molecule has 19 heavy (non-hydrogen) atoms. The van der Waals surface area contributed by atoms with Crippen LogP contribution in [0, 0.1) is 0 Å². The molecule has 2 aromatic rings. The van der Waals surface area contributed by atoms with Gasteiger partial charge in [0.1, 0.15) is 23.0 Å². The first-order valence-corrected chi connectivity index (χ1v) is 7.20. The Morgan fingerprint density at radius 3 is 1.74 bits per heavy atom. The largest absolute Gasteiger partial charge is 0.508 e. The van der Waals surface area contributed by atoms with E-state index in [1.165, 1.54) is 24.3 Å². The van der Waals surface area contributed by atoms with Crippen LogP contribution in [0.4, 0.5) is 0 Å². The normalized spacial score (nSPS) is 11.0. The van der Waals surface area contributed by atoms with Gasteiger partial charge >= 0.3 is 10.1 Å². The van der Waals surface area contributed by atoms with Gasteiger partial charge in [-0.25, -0.2) is 0 Å². The number of hydrogen-bond donors (Lipinski definition) is 1. The van der Waals surface area contributed by atoms with E-state index in [1.54, 1.807) is 24.3 Å². The Bertz CT molecular complexity index is 644. The summed E-state index contributed by atoms with van der Waals surface area (Å²) >= 11 is 0. The third kappa shape index (κ3) is 4.18. The molecule has 0 aliphatic heterocycles. The monoisotopic (exact) mass is 280 g/mol. The highest BCUT2D eigenvalue weighted by molar-refractivity contribution is 7.86. The molecule has 0 aromatic heterocycles. The van der Waals surface area contributed by atoms with Crippen LogP contribution >= 0.6 is 0 Å². The average molecular weight is 280 g/mol. The lowest BCUT2D eigenvalue weighted by Crippen LogP contribution is -2.05. The summed E-state index contributed by atoms with van der Waals surface area (Å²) in [5, 5.41) is 9.14. The lowest BCUT2D eigenvalue weighted by molar-refractivity contribution is 0.463. The van der Waals surface area contributed by atoms with Crippen LogP contribution in [-0.2, 0) is 10.1 Å². The van der Waals surface area contributed by atoms with Gasteiger partial charge < -0.3 is 14.0 Å². The van der Waals surface area contributed by atoms with Gasteiger partial charge in [0.25, 0.3) is 0 Å². The Kier molecular flexibility index (Phi) is 3.62. The number of benzene rings is 2. The SMILES string of the molecule is CS(=O)(=O)Oc1ccc(Oc2ccc(O)cc2)cc1. The summed E-state index contributed by atoms with van der Waals surface area (Å²) in [5.74, 6) is 1.48. The maximum atomic E-state index is 10.9. The van der Waals surface area contributed by atoms with E-state index < -0.39 is 10.1 Å². The fraction of sp³-hybridized carbons (Fsp3) is 0.0769. The molecule has 0 spiro atoms. The van der Waals surface area contributed by atoms with E-state index in [-0.39, 0.29) is 11.5 Å². The maximum Gasteiger partial charge on any atom is 0.306 e. The third-order valence-electron chi connectivity index (χ3n) is 2.14. The van der Waals surface area contributed by atoms with E-state index in [9.17, 15) is 8.42 Å². The molecule has 0 radical (unpaired) electrons. The predicted octanol–water partition coefficient (Wildman–Crippen LogP) is 2.52. The molecule has 2 rings (SSSR count). The van der Waals surface area contributed by atoms with Crippen molar-refractivity contribution in [1.29, 1.82) is 0 Å². The number of phenolic OH excluding ortho intramolecular Hbond substituents is 1. The second-order valence-electron chi connectivity index (χ2n) is 3.85. The first-order valence-electron chi connectivity index (χ1n) is 5.39. The van der Waals surface area contributed by atoms with Crippen LogP contribution in [0.15, 0.2) is 48.5 Å². The van der Waals surface area contributed by atoms with Crippen LogP contribution in [-0.4, -0.2) is 19.8 Å². The molecular formula is C13H12O5S. The summed E-state index contributed by atoms with van der Waals surface area (Å²) in [6.45, 7) is 0. The highest BCUT2D eigenvalue weighted by atomic mass is 32.2. The number of aromatic hydroxyl groups is 1. The average Bonchev–Trinajstić information content (AvgIpc) is 2.33. The van der Waals surface area contributed by atoms with Gasteiger partial charge in [-0.15, -0.1) is 0 Å². The summed E-state index contributed by atoms with van der Waals surface area (Å²) in [6, 6.07) is 12.4. The van der Waals surface area contributed by atoms with E-state index >= 15 is 0 Å². The van der Waals surface area contributed by atoms with Crippen molar-refractivity contribution in [1.82, 2.24) is 0 Å². The quantitative estimate of drug-likeness (QED) is 0.871. The van der Waals surface area contributed by atoms with Crippen LogP contribution in [0.5, 0.6) is 23.0 Å². The molecule has 0 heterocycles. The van der Waals surface area contributed by atoms with E-state index in [0.717, 1.165) is 6.26 Å². The lowest BCUT2D eigenvalue weighted by atomic mass is 10.3. The van der Waals surface area contributed by atoms with Gasteiger partial charge in [0, 0.05) is 0 Å². The Balaban J connectivity index is 2.08. The second-order valence-corrected chi connectivity index (χ2v) is 5.43. The van der Waals surface area contributed by atoms with Gasteiger partial charge in [0.2, 0.25) is 0 Å². The van der Waals surface area contributed by atoms with Crippen molar-refractivity contribution >= 4 is 10.1 Å². The zero-order chi connectivity index (χ0) is 13.9. The number of ether oxygens (including phenoxy) is 1. The highest BCUT2D eigenvalue weighted by Gasteiger charge is 2.04. The molecule has 0 atom stereocenters. The van der Waals surface area contributed by atoms with Gasteiger partial charge in [-0.2, -0.15) is 8.42 Å². The molecule has 100 valence electrons. The van der Waals surface area contributed by atoms with Gasteiger partial charge in [0.15, 0.2) is 0 Å². The van der Waals surface area contributed by atoms with Crippen molar-refractivity contribution in [3.05, 3.63) is 48.5 Å². The van der Waals surface area contributed by atoms with Crippen LogP contribution < -0.4 is 8.92 Å². The van der Waals surface area contributed by atoms with Crippen molar-refractivity contribution in [2.24, 2.45) is 0 Å². The van der Waals surface area contributed by atoms with E-state index in [1.807, 2.05) is 0 Å². The first-order chi connectivity index (χ1) is 8.92. The fourth-order valence-electron chi connectivity index (χ4n) is 1.39. The van der Waals surface area contributed by atoms with E-state index in [0.29, 0.717) is 11.5 Å². The minimum atomic E-state index is -3.52. The smallest absolute Gasteiger partial charge is 0.306 e. The molecule has 0 unspecified atom stereocenters. The number of phenols is 1. The van der Waals surface area contributed by atoms with Crippen molar-refractivity contribution in [2.45, 2.75) is 0 Å². The molecule has 0 bridgehead atoms. The number of hydrogen-bond acceptors (Lipinski definition) is 5. The highest BCUT2D eigenvalue weighted by Crippen LogP contribution is 2.25. The third-order valence-corrected chi connectivity index (χ3v) is 2.64. The topological polar surface area (TPSA) is 72.8 Å². The van der Waals surface area contributed by atoms with Gasteiger partial charge in [-0.1, -0.05) is 0 Å². The molecular weight excluding hydrogens is 268 g/mol. The Labute approximate surface area is 111 Å². The summed E-state index contributed by atoms with van der Waals surface area (Å²) in [7, 11) is -3.52. The predicted molar refractivity (Wildman–Crippen MR) is 70.1 cm³/mol. The number of rotatable bonds is 4. The summed E-state index contributed by atoms with van der Waals surface area (Å²) in [6.07, 6.45) is 0.980.